The zero-order valence-corrected chi connectivity index (χ0v) is 22.1. The number of alkyl halides is 6. The quantitative estimate of drug-likeness (QED) is 0.486. The fourth-order valence-electron chi connectivity index (χ4n) is 5.04. The number of halogens is 6. The van der Waals surface area contributed by atoms with Gasteiger partial charge in [0.15, 0.2) is 9.84 Å². The highest BCUT2D eigenvalue weighted by Crippen LogP contribution is 2.43. The van der Waals surface area contributed by atoms with Gasteiger partial charge >= 0.3 is 12.4 Å². The Bertz CT molecular complexity index is 1500. The van der Waals surface area contributed by atoms with Crippen molar-refractivity contribution in [1.29, 1.82) is 0 Å². The lowest BCUT2D eigenvalue weighted by Crippen LogP contribution is -2.44. The van der Waals surface area contributed by atoms with Crippen molar-refractivity contribution >= 4 is 25.8 Å². The molecular formula is C24H24F6N2O5S2. The molecule has 0 bridgehead atoms. The van der Waals surface area contributed by atoms with Crippen LogP contribution in [0.1, 0.15) is 40.7 Å². The molecular weight excluding hydrogens is 574 g/mol. The van der Waals surface area contributed by atoms with E-state index in [4.69, 9.17) is 0 Å². The number of piperidine rings is 1. The smallest absolute Gasteiger partial charge is 0.338 e. The molecule has 0 unspecified atom stereocenters. The van der Waals surface area contributed by atoms with Gasteiger partial charge in [0, 0.05) is 32.4 Å². The van der Waals surface area contributed by atoms with Crippen molar-refractivity contribution in [2.75, 3.05) is 32.4 Å². The van der Waals surface area contributed by atoms with Crippen LogP contribution in [0, 0.1) is 5.41 Å². The molecule has 2 aliphatic rings. The molecule has 1 amide bonds. The van der Waals surface area contributed by atoms with E-state index in [9.17, 15) is 48.0 Å². The third-order valence-electron chi connectivity index (χ3n) is 7.26. The molecule has 0 N–H and O–H groups in total. The Labute approximate surface area is 221 Å². The summed E-state index contributed by atoms with van der Waals surface area (Å²) in [5, 5.41) is 0. The van der Waals surface area contributed by atoms with Gasteiger partial charge in [-0.05, 0) is 61.1 Å². The van der Waals surface area contributed by atoms with E-state index in [2.05, 4.69) is 0 Å². The normalized spacial score (nSPS) is 19.0. The molecule has 0 radical (unpaired) electrons. The topological polar surface area (TPSA) is 91.8 Å². The molecule has 2 aromatic carbocycles. The first-order valence-electron chi connectivity index (χ1n) is 11.7. The Morgan fingerprint density at radius 3 is 2.00 bits per heavy atom. The molecule has 7 nitrogen and oxygen atoms in total. The number of hydrogen-bond donors (Lipinski definition) is 0. The fraction of sp³-hybridized carbons (Fsp3) is 0.458. The van der Waals surface area contributed by atoms with Gasteiger partial charge in [0.2, 0.25) is 10.0 Å². The van der Waals surface area contributed by atoms with E-state index in [0.29, 0.717) is 18.6 Å². The molecule has 214 valence electrons. The molecule has 2 fully saturated rings. The maximum absolute atomic E-state index is 13.7. The Hall–Kier alpha value is -2.65. The van der Waals surface area contributed by atoms with Crippen LogP contribution in [0.5, 0.6) is 0 Å². The SMILES string of the molecule is CS(=O)(=O)c1ccc(C(=O)N2CCC3(CCN(S(=O)(=O)c4cccc(C(F)(F)F)c4)CC3)C2)c(C(F)(F)F)c1. The van der Waals surface area contributed by atoms with E-state index in [1.54, 1.807) is 0 Å². The third kappa shape index (κ3) is 5.94. The molecule has 2 aromatic rings. The number of nitrogens with zero attached hydrogens (tertiary/aromatic N) is 2. The van der Waals surface area contributed by atoms with Crippen LogP contribution in [-0.4, -0.2) is 64.4 Å². The van der Waals surface area contributed by atoms with Gasteiger partial charge in [-0.1, -0.05) is 6.07 Å². The summed E-state index contributed by atoms with van der Waals surface area (Å²) in [4.78, 5) is 13.3. The lowest BCUT2D eigenvalue weighted by atomic mass is 9.78. The van der Waals surface area contributed by atoms with Gasteiger partial charge in [0.25, 0.3) is 5.91 Å². The summed E-state index contributed by atoms with van der Waals surface area (Å²) in [7, 11) is -8.17. The number of carbonyl (C=O) groups is 1. The van der Waals surface area contributed by atoms with Gasteiger partial charge in [-0.15, -0.1) is 0 Å². The van der Waals surface area contributed by atoms with Gasteiger partial charge in [-0.25, -0.2) is 16.8 Å². The van der Waals surface area contributed by atoms with Crippen molar-refractivity contribution in [3.05, 3.63) is 59.2 Å². The monoisotopic (exact) mass is 598 g/mol. The lowest BCUT2D eigenvalue weighted by molar-refractivity contribution is -0.138. The van der Waals surface area contributed by atoms with E-state index in [1.807, 2.05) is 0 Å². The average molecular weight is 599 g/mol. The summed E-state index contributed by atoms with van der Waals surface area (Å²) in [5.41, 5.74) is -3.71. The van der Waals surface area contributed by atoms with Crippen LogP contribution in [0.15, 0.2) is 52.3 Å². The van der Waals surface area contributed by atoms with Gasteiger partial charge in [0.1, 0.15) is 0 Å². The highest BCUT2D eigenvalue weighted by Gasteiger charge is 2.46. The molecule has 2 saturated heterocycles. The summed E-state index contributed by atoms with van der Waals surface area (Å²) in [6.07, 6.45) is -8.02. The highest BCUT2D eigenvalue weighted by molar-refractivity contribution is 7.90. The number of likely N-dealkylation sites (tertiary alicyclic amines) is 1. The fourth-order valence-corrected chi connectivity index (χ4v) is 7.18. The highest BCUT2D eigenvalue weighted by atomic mass is 32.2. The zero-order chi connectivity index (χ0) is 29.0. The maximum atomic E-state index is 13.7. The minimum Gasteiger partial charge on any atom is -0.338 e. The number of carbonyl (C=O) groups excluding carboxylic acids is 1. The first kappa shape index (κ1) is 29.3. The molecule has 15 heteroatoms. The van der Waals surface area contributed by atoms with Crippen LogP contribution >= 0.6 is 0 Å². The summed E-state index contributed by atoms with van der Waals surface area (Å²) in [6.45, 7) is 0.119. The number of rotatable bonds is 4. The van der Waals surface area contributed by atoms with Crippen molar-refractivity contribution < 1.29 is 48.0 Å². The van der Waals surface area contributed by atoms with Crippen LogP contribution in [0.2, 0.25) is 0 Å². The van der Waals surface area contributed by atoms with Gasteiger partial charge in [-0.3, -0.25) is 4.79 Å². The van der Waals surface area contributed by atoms with E-state index in [0.717, 1.165) is 40.9 Å². The first-order valence-corrected chi connectivity index (χ1v) is 15.0. The van der Waals surface area contributed by atoms with Crippen LogP contribution in [0.4, 0.5) is 26.3 Å². The first-order chi connectivity index (χ1) is 17.8. The van der Waals surface area contributed by atoms with Gasteiger partial charge in [0.05, 0.1) is 26.5 Å². The predicted molar refractivity (Wildman–Crippen MR) is 127 cm³/mol. The number of amides is 1. The number of sulfone groups is 1. The zero-order valence-electron chi connectivity index (χ0n) is 20.5. The minimum absolute atomic E-state index is 0.0303. The Kier molecular flexibility index (Phi) is 7.35. The van der Waals surface area contributed by atoms with Crippen molar-refractivity contribution in [3.63, 3.8) is 0 Å². The van der Waals surface area contributed by atoms with Gasteiger partial charge in [-0.2, -0.15) is 30.6 Å². The standard InChI is InChI=1S/C24H24F6N2O5S2/c1-38(34,35)17-5-6-19(20(14-17)24(28,29)30)21(33)31-10-7-22(15-31)8-11-32(12-9-22)39(36,37)18-4-2-3-16(13-18)23(25,26)27/h2-6,13-14H,7-12,15H2,1H3. The maximum Gasteiger partial charge on any atom is 0.417 e. The van der Waals surface area contributed by atoms with E-state index < -0.39 is 70.0 Å². The molecule has 2 heterocycles. The molecule has 1 spiro atoms. The summed E-state index contributed by atoms with van der Waals surface area (Å²) < 4.78 is 131. The molecule has 0 saturated carbocycles. The summed E-state index contributed by atoms with van der Waals surface area (Å²) >= 11 is 0. The average Bonchev–Trinajstić information content (AvgIpc) is 3.25. The number of hydrogen-bond acceptors (Lipinski definition) is 5. The predicted octanol–water partition coefficient (Wildman–Crippen LogP) is 4.44. The lowest BCUT2D eigenvalue weighted by Gasteiger charge is -2.38. The molecule has 0 atom stereocenters. The van der Waals surface area contributed by atoms with Crippen LogP contribution in [-0.2, 0) is 32.2 Å². The Morgan fingerprint density at radius 2 is 1.44 bits per heavy atom. The Balaban J connectivity index is 1.49. The van der Waals surface area contributed by atoms with Crippen molar-refractivity contribution in [2.24, 2.45) is 5.41 Å². The molecule has 39 heavy (non-hydrogen) atoms. The molecule has 2 aliphatic heterocycles. The van der Waals surface area contributed by atoms with E-state index >= 15 is 0 Å². The number of sulfonamides is 1. The largest absolute Gasteiger partial charge is 0.417 e. The minimum atomic E-state index is -4.98. The third-order valence-corrected chi connectivity index (χ3v) is 10.3. The van der Waals surface area contributed by atoms with E-state index in [1.165, 1.54) is 4.90 Å². The molecule has 0 aromatic heterocycles. The Morgan fingerprint density at radius 1 is 0.821 bits per heavy atom. The second-order valence-electron chi connectivity index (χ2n) is 9.88. The summed E-state index contributed by atoms with van der Waals surface area (Å²) in [5.74, 6) is -0.918. The van der Waals surface area contributed by atoms with E-state index in [-0.39, 0.29) is 39.0 Å². The van der Waals surface area contributed by atoms with Crippen LogP contribution in [0.25, 0.3) is 0 Å². The van der Waals surface area contributed by atoms with Crippen molar-refractivity contribution in [2.45, 2.75) is 41.4 Å². The van der Waals surface area contributed by atoms with Gasteiger partial charge < -0.3 is 4.90 Å². The molecule has 0 aliphatic carbocycles. The van der Waals surface area contributed by atoms with Crippen molar-refractivity contribution in [1.82, 2.24) is 9.21 Å². The molecule has 4 rings (SSSR count). The number of benzene rings is 2. The second kappa shape index (κ2) is 9.77. The van der Waals surface area contributed by atoms with Crippen molar-refractivity contribution in [3.8, 4) is 0 Å². The van der Waals surface area contributed by atoms with Crippen LogP contribution < -0.4 is 0 Å². The van der Waals surface area contributed by atoms with Crippen LogP contribution in [0.3, 0.4) is 0 Å². The second-order valence-corrected chi connectivity index (χ2v) is 13.8. The summed E-state index contributed by atoms with van der Waals surface area (Å²) in [6, 6.07) is 5.66.